The third-order valence-corrected chi connectivity index (χ3v) is 3.90. The van der Waals surface area contributed by atoms with Crippen LogP contribution in [0.15, 0.2) is 18.2 Å². The average Bonchev–Trinajstić information content (AvgIpc) is 2.44. The van der Waals surface area contributed by atoms with E-state index < -0.39 is 0 Å². The molecule has 0 radical (unpaired) electrons. The van der Waals surface area contributed by atoms with Gasteiger partial charge in [0.25, 0.3) is 0 Å². The minimum absolute atomic E-state index is 0.0158. The van der Waals surface area contributed by atoms with E-state index in [-0.39, 0.29) is 17.8 Å². The lowest BCUT2D eigenvalue weighted by Gasteiger charge is -2.25. The van der Waals surface area contributed by atoms with E-state index in [1.165, 1.54) is 25.3 Å². The number of benzene rings is 1. The highest BCUT2D eigenvalue weighted by molar-refractivity contribution is 5.84. The SMILES string of the molecule is Cc1ccc(NC(C)C(=O)NC2CCCCC2)cc1F. The van der Waals surface area contributed by atoms with Crippen LogP contribution >= 0.6 is 0 Å². The maximum absolute atomic E-state index is 13.5. The zero-order valence-corrected chi connectivity index (χ0v) is 12.2. The molecule has 2 N–H and O–H groups in total. The maximum Gasteiger partial charge on any atom is 0.242 e. The fraction of sp³-hybridized carbons (Fsp3) is 0.562. The molecule has 1 aromatic carbocycles. The first-order valence-corrected chi connectivity index (χ1v) is 7.39. The number of aryl methyl sites for hydroxylation is 1. The molecule has 0 aromatic heterocycles. The standard InChI is InChI=1S/C16H23FN2O/c1-11-8-9-14(10-15(11)17)18-12(2)16(20)19-13-6-4-3-5-7-13/h8-10,12-13,18H,3-7H2,1-2H3,(H,19,20). The van der Waals surface area contributed by atoms with Gasteiger partial charge in [-0.1, -0.05) is 25.3 Å². The van der Waals surface area contributed by atoms with E-state index in [4.69, 9.17) is 0 Å². The van der Waals surface area contributed by atoms with E-state index in [1.807, 2.05) is 0 Å². The first kappa shape index (κ1) is 14.8. The Balaban J connectivity index is 1.88. The van der Waals surface area contributed by atoms with Crippen LogP contribution in [0.1, 0.15) is 44.6 Å². The van der Waals surface area contributed by atoms with E-state index >= 15 is 0 Å². The molecule has 1 aliphatic rings. The predicted molar refractivity (Wildman–Crippen MR) is 79.2 cm³/mol. The lowest BCUT2D eigenvalue weighted by molar-refractivity contribution is -0.122. The van der Waals surface area contributed by atoms with Crippen molar-refractivity contribution in [3.05, 3.63) is 29.6 Å². The molecule has 1 amide bonds. The molecule has 1 atom stereocenters. The number of carbonyl (C=O) groups excluding carboxylic acids is 1. The molecule has 1 aliphatic carbocycles. The number of anilines is 1. The molecule has 1 saturated carbocycles. The Hall–Kier alpha value is -1.58. The van der Waals surface area contributed by atoms with Crippen LogP contribution in [0.25, 0.3) is 0 Å². The third kappa shape index (κ3) is 3.95. The normalized spacial score (nSPS) is 17.6. The number of carbonyl (C=O) groups is 1. The minimum atomic E-state index is -0.362. The first-order chi connectivity index (χ1) is 9.56. The van der Waals surface area contributed by atoms with Gasteiger partial charge in [-0.2, -0.15) is 0 Å². The number of halogens is 1. The predicted octanol–water partition coefficient (Wildman–Crippen LogP) is 3.38. The van der Waals surface area contributed by atoms with Gasteiger partial charge in [-0.15, -0.1) is 0 Å². The van der Waals surface area contributed by atoms with Crippen molar-refractivity contribution in [2.75, 3.05) is 5.32 Å². The van der Waals surface area contributed by atoms with Crippen LogP contribution in [0.2, 0.25) is 0 Å². The van der Waals surface area contributed by atoms with Crippen molar-refractivity contribution < 1.29 is 9.18 Å². The Bertz CT molecular complexity index is 470. The topological polar surface area (TPSA) is 41.1 Å². The first-order valence-electron chi connectivity index (χ1n) is 7.39. The van der Waals surface area contributed by atoms with Crippen molar-refractivity contribution in [1.82, 2.24) is 5.32 Å². The zero-order chi connectivity index (χ0) is 14.5. The molecule has 4 heteroatoms. The van der Waals surface area contributed by atoms with E-state index in [1.54, 1.807) is 26.0 Å². The van der Waals surface area contributed by atoms with Crippen LogP contribution in [-0.4, -0.2) is 18.0 Å². The Labute approximate surface area is 120 Å². The Morgan fingerprint density at radius 2 is 2.00 bits per heavy atom. The molecule has 0 saturated heterocycles. The summed E-state index contributed by atoms with van der Waals surface area (Å²) in [5.74, 6) is -0.271. The molecule has 110 valence electrons. The molecule has 0 aliphatic heterocycles. The summed E-state index contributed by atoms with van der Waals surface area (Å²) >= 11 is 0. The van der Waals surface area contributed by atoms with Crippen LogP contribution < -0.4 is 10.6 Å². The highest BCUT2D eigenvalue weighted by Gasteiger charge is 2.19. The Morgan fingerprint density at radius 3 is 2.65 bits per heavy atom. The van der Waals surface area contributed by atoms with Gasteiger partial charge in [-0.05, 0) is 44.4 Å². The molecule has 1 aromatic rings. The van der Waals surface area contributed by atoms with Gasteiger partial charge >= 0.3 is 0 Å². The van der Waals surface area contributed by atoms with Gasteiger partial charge < -0.3 is 10.6 Å². The van der Waals surface area contributed by atoms with Crippen molar-refractivity contribution >= 4 is 11.6 Å². The summed E-state index contributed by atoms with van der Waals surface area (Å²) in [5, 5.41) is 6.12. The van der Waals surface area contributed by atoms with Crippen LogP contribution in [-0.2, 0) is 4.79 Å². The Morgan fingerprint density at radius 1 is 1.30 bits per heavy atom. The number of hydrogen-bond acceptors (Lipinski definition) is 2. The van der Waals surface area contributed by atoms with Crippen molar-refractivity contribution in [2.45, 2.75) is 58.0 Å². The smallest absolute Gasteiger partial charge is 0.242 e. The molecular formula is C16H23FN2O. The van der Waals surface area contributed by atoms with Crippen molar-refractivity contribution in [1.29, 1.82) is 0 Å². The van der Waals surface area contributed by atoms with Crippen LogP contribution in [0.3, 0.4) is 0 Å². The van der Waals surface area contributed by atoms with Crippen molar-refractivity contribution in [3.8, 4) is 0 Å². The summed E-state index contributed by atoms with van der Waals surface area (Å²) in [6, 6.07) is 4.88. The van der Waals surface area contributed by atoms with Crippen LogP contribution in [0.4, 0.5) is 10.1 Å². The zero-order valence-electron chi connectivity index (χ0n) is 12.2. The summed E-state index contributed by atoms with van der Waals surface area (Å²) in [5.41, 5.74) is 1.24. The van der Waals surface area contributed by atoms with E-state index in [0.717, 1.165) is 12.8 Å². The molecule has 0 heterocycles. The summed E-state index contributed by atoms with van der Waals surface area (Å²) in [6.07, 6.45) is 5.78. The largest absolute Gasteiger partial charge is 0.374 e. The molecule has 3 nitrogen and oxygen atoms in total. The average molecular weight is 278 g/mol. The summed E-state index contributed by atoms with van der Waals surface area (Å²) in [4.78, 5) is 12.1. The molecule has 1 unspecified atom stereocenters. The molecule has 0 spiro atoms. The fourth-order valence-corrected chi connectivity index (χ4v) is 2.57. The molecule has 0 bridgehead atoms. The maximum atomic E-state index is 13.5. The number of amides is 1. The fourth-order valence-electron chi connectivity index (χ4n) is 2.57. The van der Waals surface area contributed by atoms with Gasteiger partial charge in [0.2, 0.25) is 5.91 Å². The van der Waals surface area contributed by atoms with Gasteiger partial charge in [0.15, 0.2) is 0 Å². The summed E-state index contributed by atoms with van der Waals surface area (Å²) in [6.45, 7) is 3.52. The molecule has 1 fully saturated rings. The van der Waals surface area contributed by atoms with E-state index in [0.29, 0.717) is 17.3 Å². The summed E-state index contributed by atoms with van der Waals surface area (Å²) in [7, 11) is 0. The number of nitrogens with one attached hydrogen (secondary N) is 2. The lowest BCUT2D eigenvalue weighted by atomic mass is 9.95. The number of hydrogen-bond donors (Lipinski definition) is 2. The quantitative estimate of drug-likeness (QED) is 0.886. The number of rotatable bonds is 4. The highest BCUT2D eigenvalue weighted by atomic mass is 19.1. The monoisotopic (exact) mass is 278 g/mol. The van der Waals surface area contributed by atoms with E-state index in [9.17, 15) is 9.18 Å². The van der Waals surface area contributed by atoms with Crippen molar-refractivity contribution in [2.24, 2.45) is 0 Å². The third-order valence-electron chi connectivity index (χ3n) is 3.90. The van der Waals surface area contributed by atoms with Gasteiger partial charge in [0.05, 0.1) is 0 Å². The second kappa shape index (κ2) is 6.73. The van der Waals surface area contributed by atoms with Crippen LogP contribution in [0.5, 0.6) is 0 Å². The van der Waals surface area contributed by atoms with Gasteiger partial charge in [0, 0.05) is 11.7 Å². The second-order valence-electron chi connectivity index (χ2n) is 5.67. The molecular weight excluding hydrogens is 255 g/mol. The van der Waals surface area contributed by atoms with Gasteiger partial charge in [-0.25, -0.2) is 4.39 Å². The lowest BCUT2D eigenvalue weighted by Crippen LogP contribution is -2.44. The van der Waals surface area contributed by atoms with Gasteiger partial charge in [-0.3, -0.25) is 4.79 Å². The Kier molecular flexibility index (Phi) is 4.99. The second-order valence-corrected chi connectivity index (χ2v) is 5.67. The van der Waals surface area contributed by atoms with Crippen molar-refractivity contribution in [3.63, 3.8) is 0 Å². The molecule has 20 heavy (non-hydrogen) atoms. The minimum Gasteiger partial charge on any atom is -0.374 e. The summed E-state index contributed by atoms with van der Waals surface area (Å²) < 4.78 is 13.5. The van der Waals surface area contributed by atoms with Gasteiger partial charge in [0.1, 0.15) is 11.9 Å². The van der Waals surface area contributed by atoms with Crippen LogP contribution in [0, 0.1) is 12.7 Å². The van der Waals surface area contributed by atoms with E-state index in [2.05, 4.69) is 10.6 Å². The highest BCUT2D eigenvalue weighted by Crippen LogP contribution is 2.18. The molecule has 2 rings (SSSR count).